The zero-order chi connectivity index (χ0) is 18.9. The molecule has 0 fully saturated rings. The van der Waals surface area contributed by atoms with Gasteiger partial charge in [0.2, 0.25) is 0 Å². The summed E-state index contributed by atoms with van der Waals surface area (Å²) < 4.78 is 67.4. The van der Waals surface area contributed by atoms with Crippen molar-refractivity contribution < 1.29 is 26.5 Å². The van der Waals surface area contributed by atoms with Gasteiger partial charge in [-0.3, -0.25) is 9.19 Å². The van der Waals surface area contributed by atoms with E-state index in [2.05, 4.69) is 15.0 Å². The van der Waals surface area contributed by atoms with Crippen LogP contribution in [0, 0.1) is 12.7 Å². The Morgan fingerprint density at radius 1 is 1.27 bits per heavy atom. The first-order valence-electron chi connectivity index (χ1n) is 7.40. The molecule has 0 spiro atoms. The number of rotatable bonds is 5. The van der Waals surface area contributed by atoms with Crippen molar-refractivity contribution in [1.29, 1.82) is 0 Å². The standard InChI is InChI=1S/C16H13F4N3O2S/c1-9-13(21-5-4-14(9)25-8-16(18,19)20)7-26(24)15-22-11-3-2-10(17)6-12(11)23-15/h2-6H,7-8H2,1H3,(H,22,23). The molecule has 10 heteroatoms. The van der Waals surface area contributed by atoms with Gasteiger partial charge in [-0.15, -0.1) is 0 Å². The average Bonchev–Trinajstić information content (AvgIpc) is 2.98. The molecule has 0 aliphatic heterocycles. The van der Waals surface area contributed by atoms with Gasteiger partial charge in [-0.2, -0.15) is 13.2 Å². The van der Waals surface area contributed by atoms with Crippen LogP contribution in [0.25, 0.3) is 11.0 Å². The molecule has 138 valence electrons. The number of nitrogens with one attached hydrogen (secondary N) is 1. The third-order valence-electron chi connectivity index (χ3n) is 3.56. The molecule has 5 nitrogen and oxygen atoms in total. The molecule has 2 heterocycles. The molecule has 0 saturated heterocycles. The van der Waals surface area contributed by atoms with Crippen molar-refractivity contribution >= 4 is 21.8 Å². The predicted molar refractivity (Wildman–Crippen MR) is 86.7 cm³/mol. The van der Waals surface area contributed by atoms with Gasteiger partial charge >= 0.3 is 6.18 Å². The Bertz CT molecular complexity index is 972. The maximum Gasteiger partial charge on any atom is 0.422 e. The van der Waals surface area contributed by atoms with Crippen LogP contribution in [0.3, 0.4) is 0 Å². The highest BCUT2D eigenvalue weighted by atomic mass is 32.2. The maximum absolute atomic E-state index is 13.2. The Hall–Kier alpha value is -2.49. The molecule has 26 heavy (non-hydrogen) atoms. The number of hydrogen-bond acceptors (Lipinski definition) is 4. The summed E-state index contributed by atoms with van der Waals surface area (Å²) in [6.07, 6.45) is -3.17. The van der Waals surface area contributed by atoms with Gasteiger partial charge in [-0.25, -0.2) is 9.37 Å². The highest BCUT2D eigenvalue weighted by molar-refractivity contribution is 7.84. The molecule has 1 atom stereocenters. The summed E-state index contributed by atoms with van der Waals surface area (Å²) in [5.74, 6) is -0.501. The molecule has 0 saturated carbocycles. The molecule has 1 N–H and O–H groups in total. The number of nitrogens with zero attached hydrogens (tertiary/aromatic N) is 2. The Balaban J connectivity index is 1.80. The highest BCUT2D eigenvalue weighted by Gasteiger charge is 2.29. The van der Waals surface area contributed by atoms with Crippen LogP contribution < -0.4 is 4.74 Å². The Labute approximate surface area is 147 Å². The first kappa shape index (κ1) is 18.3. The van der Waals surface area contributed by atoms with E-state index in [0.717, 1.165) is 0 Å². The van der Waals surface area contributed by atoms with Crippen LogP contribution in [0.2, 0.25) is 0 Å². The summed E-state index contributed by atoms with van der Waals surface area (Å²) in [6.45, 7) is 0.120. The van der Waals surface area contributed by atoms with Crippen molar-refractivity contribution in [3.05, 3.63) is 47.5 Å². The lowest BCUT2D eigenvalue weighted by Gasteiger charge is -2.13. The van der Waals surface area contributed by atoms with Crippen LogP contribution >= 0.6 is 0 Å². The fraction of sp³-hybridized carbons (Fsp3) is 0.250. The van der Waals surface area contributed by atoms with Crippen LogP contribution in [0.15, 0.2) is 35.6 Å². The number of fused-ring (bicyclic) bond motifs is 1. The molecule has 0 aliphatic carbocycles. The van der Waals surface area contributed by atoms with E-state index in [4.69, 9.17) is 4.74 Å². The number of halogens is 4. The van der Waals surface area contributed by atoms with E-state index in [1.165, 1.54) is 30.5 Å². The molecule has 1 aromatic carbocycles. The van der Waals surface area contributed by atoms with Crippen LogP contribution in [-0.2, 0) is 16.6 Å². The van der Waals surface area contributed by atoms with Gasteiger partial charge in [0.1, 0.15) is 11.6 Å². The topological polar surface area (TPSA) is 67.9 Å². The molecule has 0 amide bonds. The average molecular weight is 387 g/mol. The number of aromatic nitrogens is 3. The fourth-order valence-electron chi connectivity index (χ4n) is 2.28. The molecule has 3 rings (SSSR count). The zero-order valence-electron chi connectivity index (χ0n) is 13.4. The van der Waals surface area contributed by atoms with E-state index in [-0.39, 0.29) is 16.7 Å². The molecule has 3 aromatic rings. The Kier molecular flexibility index (Phi) is 4.94. The van der Waals surface area contributed by atoms with Crippen molar-refractivity contribution in [2.24, 2.45) is 0 Å². The molecular weight excluding hydrogens is 374 g/mol. The number of alkyl halides is 3. The lowest BCUT2D eigenvalue weighted by molar-refractivity contribution is -0.153. The van der Waals surface area contributed by atoms with Gasteiger partial charge in [-0.05, 0) is 31.2 Å². The first-order chi connectivity index (χ1) is 12.2. The van der Waals surface area contributed by atoms with Crippen LogP contribution in [0.4, 0.5) is 17.6 Å². The van der Waals surface area contributed by atoms with E-state index in [0.29, 0.717) is 22.3 Å². The largest absolute Gasteiger partial charge is 0.484 e. The summed E-state index contributed by atoms with van der Waals surface area (Å²) >= 11 is 0. The zero-order valence-corrected chi connectivity index (χ0v) is 14.2. The number of imidazole rings is 1. The van der Waals surface area contributed by atoms with Crippen molar-refractivity contribution in [1.82, 2.24) is 15.0 Å². The summed E-state index contributed by atoms with van der Waals surface area (Å²) in [5, 5.41) is 0.133. The summed E-state index contributed by atoms with van der Waals surface area (Å²) in [6, 6.07) is 5.25. The second-order valence-electron chi connectivity index (χ2n) is 5.48. The minimum Gasteiger partial charge on any atom is -0.484 e. The van der Waals surface area contributed by atoms with Crippen LogP contribution in [0.5, 0.6) is 5.75 Å². The van der Waals surface area contributed by atoms with Gasteiger partial charge < -0.3 is 9.72 Å². The molecule has 0 bridgehead atoms. The molecule has 1 unspecified atom stereocenters. The van der Waals surface area contributed by atoms with Crippen molar-refractivity contribution in [3.8, 4) is 5.75 Å². The predicted octanol–water partition coefficient (Wildman–Crippen LogP) is 3.65. The van der Waals surface area contributed by atoms with Gasteiger partial charge in [0.05, 0.1) is 33.3 Å². The monoisotopic (exact) mass is 387 g/mol. The van der Waals surface area contributed by atoms with Crippen molar-refractivity contribution in [2.75, 3.05) is 6.61 Å². The first-order valence-corrected chi connectivity index (χ1v) is 8.72. The quantitative estimate of drug-likeness (QED) is 0.679. The molecular formula is C16H13F4N3O2S. The number of H-pyrrole nitrogens is 1. The molecule has 0 aliphatic rings. The Morgan fingerprint density at radius 2 is 2.04 bits per heavy atom. The third-order valence-corrected chi connectivity index (χ3v) is 4.72. The number of hydrogen-bond donors (Lipinski definition) is 1. The number of ether oxygens (including phenoxy) is 1. The van der Waals surface area contributed by atoms with Crippen molar-refractivity contribution in [2.45, 2.75) is 24.0 Å². The van der Waals surface area contributed by atoms with E-state index in [1.54, 1.807) is 6.92 Å². The summed E-state index contributed by atoms with van der Waals surface area (Å²) in [4.78, 5) is 11.0. The van der Waals surface area contributed by atoms with Gasteiger partial charge in [0, 0.05) is 11.8 Å². The normalized spacial score (nSPS) is 13.1. The van der Waals surface area contributed by atoms with E-state index in [1.807, 2.05) is 0 Å². The lowest BCUT2D eigenvalue weighted by atomic mass is 10.2. The smallest absolute Gasteiger partial charge is 0.422 e. The Morgan fingerprint density at radius 3 is 2.77 bits per heavy atom. The molecule has 2 aromatic heterocycles. The fourth-order valence-corrected chi connectivity index (χ4v) is 3.38. The van der Waals surface area contributed by atoms with E-state index >= 15 is 0 Å². The third kappa shape index (κ3) is 4.18. The number of aromatic amines is 1. The van der Waals surface area contributed by atoms with E-state index in [9.17, 15) is 21.8 Å². The molecule has 0 radical (unpaired) electrons. The van der Waals surface area contributed by atoms with Crippen molar-refractivity contribution in [3.63, 3.8) is 0 Å². The second kappa shape index (κ2) is 7.02. The minimum absolute atomic E-state index is 0.0241. The second-order valence-corrected chi connectivity index (χ2v) is 6.84. The van der Waals surface area contributed by atoms with Crippen LogP contribution in [-0.4, -0.2) is 31.9 Å². The van der Waals surface area contributed by atoms with Gasteiger partial charge in [-0.1, -0.05) is 0 Å². The number of benzene rings is 1. The minimum atomic E-state index is -4.46. The lowest BCUT2D eigenvalue weighted by Crippen LogP contribution is -2.19. The number of pyridine rings is 1. The van der Waals surface area contributed by atoms with Crippen LogP contribution in [0.1, 0.15) is 11.3 Å². The maximum atomic E-state index is 13.2. The summed E-state index contributed by atoms with van der Waals surface area (Å²) in [5.41, 5.74) is 1.56. The van der Waals surface area contributed by atoms with E-state index < -0.39 is 29.4 Å². The van der Waals surface area contributed by atoms with Gasteiger partial charge in [0.15, 0.2) is 11.8 Å². The SMILES string of the molecule is Cc1c(OCC(F)(F)F)ccnc1CS(=O)c1nc2ccc(F)cc2[nH]1. The van der Waals surface area contributed by atoms with Gasteiger partial charge in [0.25, 0.3) is 0 Å². The summed E-state index contributed by atoms with van der Waals surface area (Å²) in [7, 11) is -1.64. The highest BCUT2D eigenvalue weighted by Crippen LogP contribution is 2.25.